The van der Waals surface area contributed by atoms with Crippen LogP contribution in [0, 0.1) is 17.7 Å². The number of aliphatic hydroxyl groups is 3. The zero-order chi connectivity index (χ0) is 27.8. The number of nitrogens with zero attached hydrogens (tertiary/aromatic N) is 2. The molecule has 1 aliphatic heterocycles. The number of rotatable bonds is 4. The molecule has 1 saturated heterocycles. The molecule has 1 aromatic rings. The molecule has 1 heterocycles. The van der Waals surface area contributed by atoms with E-state index >= 15 is 4.39 Å². The Kier molecular flexibility index (Phi) is 6.16. The molecular weight excluding hydrogens is 497 g/mol. The molecule has 204 valence electrons. The summed E-state index contributed by atoms with van der Waals surface area (Å²) in [5.41, 5.74) is 1.61. The first kappa shape index (κ1) is 26.3. The smallest absolute Gasteiger partial charge is 0.255 e. The van der Waals surface area contributed by atoms with Crippen molar-refractivity contribution in [3.8, 4) is 5.75 Å². The van der Waals surface area contributed by atoms with E-state index in [0.717, 1.165) is 13.0 Å². The van der Waals surface area contributed by atoms with Gasteiger partial charge < -0.3 is 26.2 Å². The van der Waals surface area contributed by atoms with Crippen LogP contribution in [-0.2, 0) is 20.8 Å². The Labute approximate surface area is 218 Å². The first-order valence-electron chi connectivity index (χ1n) is 12.8. The summed E-state index contributed by atoms with van der Waals surface area (Å²) >= 11 is 0. The van der Waals surface area contributed by atoms with E-state index in [4.69, 9.17) is 5.73 Å². The lowest BCUT2D eigenvalue weighted by Gasteiger charge is -2.50. The molecule has 0 spiro atoms. The second-order valence-electron chi connectivity index (χ2n) is 10.9. The molecular formula is C27H32FN3O7. The van der Waals surface area contributed by atoms with Gasteiger partial charge in [-0.1, -0.05) is 6.92 Å². The number of nitrogens with two attached hydrogens (primary N) is 1. The Bertz CT molecular complexity index is 1340. The minimum atomic E-state index is -2.72. The van der Waals surface area contributed by atoms with E-state index in [1.54, 1.807) is 18.9 Å². The Balaban J connectivity index is 1.70. The molecule has 11 heteroatoms. The standard InChI is InChI=1S/C27H32FN3O7/c1-4-30(2)21-14-9-11-8-13-18(16(32)10-12(20(13)28)15-6-5-7-31(15)3)22(33)17(11)24(35)27(14,38)25(36)19(23(21)34)26(29)37/h10-11,14-15,21,32-33,36,38H,4-9H2,1-3H3,(H2,29,37)/t11-,14-,15?,21-,27-/m0/s1. The summed E-state index contributed by atoms with van der Waals surface area (Å²) in [5.74, 6) is -8.04. The van der Waals surface area contributed by atoms with E-state index in [1.165, 1.54) is 6.07 Å². The van der Waals surface area contributed by atoms with Gasteiger partial charge >= 0.3 is 0 Å². The van der Waals surface area contributed by atoms with Crippen LogP contribution in [0.15, 0.2) is 23.0 Å². The lowest BCUT2D eigenvalue weighted by Crippen LogP contribution is -2.66. The van der Waals surface area contributed by atoms with Crippen molar-refractivity contribution in [1.29, 1.82) is 0 Å². The van der Waals surface area contributed by atoms with Crippen molar-refractivity contribution in [3.05, 3.63) is 45.5 Å². The highest BCUT2D eigenvalue weighted by atomic mass is 19.1. The van der Waals surface area contributed by atoms with Crippen LogP contribution in [0.1, 0.15) is 48.9 Å². The summed E-state index contributed by atoms with van der Waals surface area (Å²) in [6, 6.07) is -0.157. The zero-order valence-electron chi connectivity index (χ0n) is 21.5. The molecule has 1 unspecified atom stereocenters. The number of phenolic OH excluding ortho intramolecular Hbond substituents is 1. The lowest BCUT2D eigenvalue weighted by atomic mass is 9.57. The summed E-state index contributed by atoms with van der Waals surface area (Å²) in [6.07, 6.45) is 1.43. The molecule has 1 aromatic carbocycles. The van der Waals surface area contributed by atoms with Crippen molar-refractivity contribution in [2.24, 2.45) is 17.6 Å². The maximum absolute atomic E-state index is 16.0. The van der Waals surface area contributed by atoms with E-state index in [2.05, 4.69) is 0 Å². The van der Waals surface area contributed by atoms with Crippen LogP contribution in [0.4, 0.5) is 4.39 Å². The number of hydrogen-bond donors (Lipinski definition) is 5. The Morgan fingerprint density at radius 1 is 1.29 bits per heavy atom. The number of aliphatic hydroxyl groups excluding tert-OH is 2. The predicted molar refractivity (Wildman–Crippen MR) is 133 cm³/mol. The van der Waals surface area contributed by atoms with Crippen molar-refractivity contribution < 1.29 is 39.2 Å². The minimum absolute atomic E-state index is 0.0601. The van der Waals surface area contributed by atoms with Gasteiger partial charge in [-0.05, 0) is 64.9 Å². The third-order valence-corrected chi connectivity index (χ3v) is 8.98. The van der Waals surface area contributed by atoms with Gasteiger partial charge in [0.25, 0.3) is 5.91 Å². The Morgan fingerprint density at radius 3 is 2.55 bits per heavy atom. The third kappa shape index (κ3) is 3.38. The molecule has 0 aromatic heterocycles. The van der Waals surface area contributed by atoms with Crippen molar-refractivity contribution in [2.75, 3.05) is 27.2 Å². The highest BCUT2D eigenvalue weighted by Crippen LogP contribution is 2.53. The SMILES string of the molecule is CCN(C)[C@@H]1C(=O)C(C(N)=O)=C(O)[C@@]2(O)C(=O)C3=C(O)c4c(O)cc(C5CCCN5C)c(F)c4C[C@H]3C[C@@H]12. The molecule has 5 atom stereocenters. The molecule has 0 bridgehead atoms. The van der Waals surface area contributed by atoms with E-state index in [1.807, 2.05) is 11.9 Å². The monoisotopic (exact) mass is 529 g/mol. The van der Waals surface area contributed by atoms with Crippen molar-refractivity contribution >= 4 is 23.2 Å². The summed E-state index contributed by atoms with van der Waals surface area (Å²) in [7, 11) is 3.45. The van der Waals surface area contributed by atoms with Crippen molar-refractivity contribution in [3.63, 3.8) is 0 Å². The molecule has 4 aliphatic rings. The maximum Gasteiger partial charge on any atom is 0.255 e. The van der Waals surface area contributed by atoms with E-state index in [0.29, 0.717) is 18.5 Å². The number of fused-ring (bicyclic) bond motifs is 3. The second-order valence-corrected chi connectivity index (χ2v) is 10.9. The van der Waals surface area contributed by atoms with Gasteiger partial charge in [0.15, 0.2) is 11.4 Å². The van der Waals surface area contributed by atoms with Crippen LogP contribution in [0.5, 0.6) is 5.75 Å². The number of benzene rings is 1. The average molecular weight is 530 g/mol. The second kappa shape index (κ2) is 8.89. The van der Waals surface area contributed by atoms with Gasteiger partial charge in [0.1, 0.15) is 28.7 Å². The summed E-state index contributed by atoms with van der Waals surface area (Å²) in [4.78, 5) is 42.8. The summed E-state index contributed by atoms with van der Waals surface area (Å²) < 4.78 is 16.0. The van der Waals surface area contributed by atoms with E-state index in [-0.39, 0.29) is 35.6 Å². The summed E-state index contributed by atoms with van der Waals surface area (Å²) in [5, 5.41) is 44.7. The van der Waals surface area contributed by atoms with Gasteiger partial charge in [-0.15, -0.1) is 0 Å². The molecule has 5 rings (SSSR count). The number of halogens is 1. The van der Waals surface area contributed by atoms with Crippen molar-refractivity contribution in [2.45, 2.75) is 50.3 Å². The number of phenols is 1. The number of hydrogen-bond acceptors (Lipinski definition) is 9. The number of carbonyl (C=O) groups excluding carboxylic acids is 3. The Morgan fingerprint density at radius 2 is 1.97 bits per heavy atom. The number of primary amides is 1. The number of Topliss-reactive ketones (excluding diaryl/α,β-unsaturated/α-hetero) is 2. The fourth-order valence-corrected chi connectivity index (χ4v) is 6.96. The number of amides is 1. The van der Waals surface area contributed by atoms with Gasteiger partial charge in [-0.3, -0.25) is 24.2 Å². The van der Waals surface area contributed by atoms with Gasteiger partial charge in [-0.25, -0.2) is 4.39 Å². The largest absolute Gasteiger partial charge is 0.508 e. The van der Waals surface area contributed by atoms with Crippen LogP contribution >= 0.6 is 0 Å². The number of aromatic hydroxyl groups is 1. The van der Waals surface area contributed by atoms with Crippen molar-refractivity contribution in [1.82, 2.24) is 9.80 Å². The molecule has 1 amide bonds. The Hall–Kier alpha value is -3.28. The van der Waals surface area contributed by atoms with E-state index in [9.17, 15) is 34.8 Å². The van der Waals surface area contributed by atoms with Crippen LogP contribution < -0.4 is 5.73 Å². The first-order valence-corrected chi connectivity index (χ1v) is 12.8. The van der Waals surface area contributed by atoms with E-state index < -0.39 is 69.6 Å². The topological polar surface area (TPSA) is 165 Å². The van der Waals surface area contributed by atoms with Crippen LogP contribution in [0.25, 0.3) is 5.76 Å². The predicted octanol–water partition coefficient (Wildman–Crippen LogP) is 1.26. The lowest BCUT2D eigenvalue weighted by molar-refractivity contribution is -0.154. The number of likely N-dealkylation sites (N-methyl/N-ethyl adjacent to an activating group) is 1. The quantitative estimate of drug-likeness (QED) is 0.361. The minimum Gasteiger partial charge on any atom is -0.508 e. The molecule has 10 nitrogen and oxygen atoms in total. The van der Waals surface area contributed by atoms with Gasteiger partial charge in [-0.2, -0.15) is 0 Å². The maximum atomic E-state index is 16.0. The molecule has 2 fully saturated rings. The number of likely N-dealkylation sites (tertiary alicyclic amines) is 1. The van der Waals surface area contributed by atoms with Crippen LogP contribution in [-0.4, -0.2) is 86.5 Å². The fraction of sp³-hybridized carbons (Fsp3) is 0.519. The molecule has 3 aliphatic carbocycles. The van der Waals surface area contributed by atoms with Gasteiger partial charge in [0.2, 0.25) is 5.78 Å². The van der Waals surface area contributed by atoms with Crippen LogP contribution in [0.3, 0.4) is 0 Å². The highest BCUT2D eigenvalue weighted by Gasteiger charge is 2.64. The first-order chi connectivity index (χ1) is 17.9. The molecule has 6 N–H and O–H groups in total. The highest BCUT2D eigenvalue weighted by molar-refractivity contribution is 6.24. The summed E-state index contributed by atoms with van der Waals surface area (Å²) in [6.45, 7) is 2.83. The van der Waals surface area contributed by atoms with Gasteiger partial charge in [0, 0.05) is 28.7 Å². The third-order valence-electron chi connectivity index (χ3n) is 8.98. The number of ketones is 2. The number of carbonyl (C=O) groups is 3. The molecule has 38 heavy (non-hydrogen) atoms. The average Bonchev–Trinajstić information content (AvgIpc) is 3.28. The normalized spacial score (nSPS) is 31.5. The zero-order valence-corrected chi connectivity index (χ0v) is 21.5. The van der Waals surface area contributed by atoms with Gasteiger partial charge in [0.05, 0.1) is 11.6 Å². The van der Waals surface area contributed by atoms with Crippen LogP contribution in [0.2, 0.25) is 0 Å². The fourth-order valence-electron chi connectivity index (χ4n) is 6.96. The molecule has 0 radical (unpaired) electrons. The molecule has 1 saturated carbocycles.